The molecule has 0 aromatic rings. The predicted octanol–water partition coefficient (Wildman–Crippen LogP) is 3.14. The summed E-state index contributed by atoms with van der Waals surface area (Å²) < 4.78 is 13.1. The molecule has 3 unspecified atom stereocenters. The van der Waals surface area contributed by atoms with Crippen LogP contribution in [0.5, 0.6) is 0 Å². The number of rotatable bonds is 1. The Kier molecular flexibility index (Phi) is 2.96. The summed E-state index contributed by atoms with van der Waals surface area (Å²) in [5.41, 5.74) is 0. The summed E-state index contributed by atoms with van der Waals surface area (Å²) in [4.78, 5) is 0. The molecule has 3 atom stereocenters. The van der Waals surface area contributed by atoms with Gasteiger partial charge in [-0.15, -0.1) is 11.6 Å². The number of alkyl halides is 2. The third-order valence-electron chi connectivity index (χ3n) is 2.38. The Morgan fingerprint density at radius 3 is 2.70 bits per heavy atom. The molecule has 1 rings (SSSR count). The minimum atomic E-state index is -0.750. The van der Waals surface area contributed by atoms with E-state index in [1.54, 1.807) is 0 Å². The van der Waals surface area contributed by atoms with Gasteiger partial charge in [0.25, 0.3) is 0 Å². The Labute approximate surface area is 66.8 Å². The van der Waals surface area contributed by atoms with Gasteiger partial charge in [-0.25, -0.2) is 4.39 Å². The van der Waals surface area contributed by atoms with Crippen molar-refractivity contribution in [1.82, 2.24) is 0 Å². The van der Waals surface area contributed by atoms with Crippen LogP contribution in [0.3, 0.4) is 0 Å². The van der Waals surface area contributed by atoms with Gasteiger partial charge in [-0.05, 0) is 18.8 Å². The number of hydrogen-bond donors (Lipinski definition) is 0. The topological polar surface area (TPSA) is 0 Å². The smallest absolute Gasteiger partial charge is 0.119 e. The van der Waals surface area contributed by atoms with E-state index in [1.165, 1.54) is 0 Å². The highest BCUT2D eigenvalue weighted by Gasteiger charge is 2.30. The molecule has 0 aromatic carbocycles. The maximum absolute atomic E-state index is 13.1. The van der Waals surface area contributed by atoms with Crippen LogP contribution in [0.4, 0.5) is 4.39 Å². The number of halogens is 2. The fraction of sp³-hybridized carbons (Fsp3) is 1.00. The molecule has 0 radical (unpaired) electrons. The molecule has 1 saturated carbocycles. The lowest BCUT2D eigenvalue weighted by atomic mass is 9.85. The average Bonchev–Trinajstić information content (AvgIpc) is 1.95. The molecule has 0 N–H and O–H groups in total. The fourth-order valence-electron chi connectivity index (χ4n) is 1.62. The third kappa shape index (κ3) is 1.63. The van der Waals surface area contributed by atoms with E-state index in [-0.39, 0.29) is 11.3 Å². The van der Waals surface area contributed by atoms with E-state index in [9.17, 15) is 4.39 Å². The highest BCUT2D eigenvalue weighted by atomic mass is 35.5. The van der Waals surface area contributed by atoms with Gasteiger partial charge in [0, 0.05) is 0 Å². The van der Waals surface area contributed by atoms with Crippen LogP contribution in [0.1, 0.15) is 32.6 Å². The highest BCUT2D eigenvalue weighted by molar-refractivity contribution is 6.21. The van der Waals surface area contributed by atoms with Crippen molar-refractivity contribution in [1.29, 1.82) is 0 Å². The maximum Gasteiger partial charge on any atom is 0.119 e. The molecule has 0 amide bonds. The normalized spacial score (nSPS) is 41.7. The molecule has 0 aliphatic heterocycles. The molecule has 0 bridgehead atoms. The summed E-state index contributed by atoms with van der Waals surface area (Å²) in [5, 5.41) is -0.210. The van der Waals surface area contributed by atoms with Crippen molar-refractivity contribution in [3.63, 3.8) is 0 Å². The first-order valence-corrected chi connectivity index (χ1v) is 4.47. The summed E-state index contributed by atoms with van der Waals surface area (Å²) in [6, 6.07) is 0. The van der Waals surface area contributed by atoms with Crippen LogP contribution in [0.25, 0.3) is 0 Å². The molecule has 0 aromatic heterocycles. The summed E-state index contributed by atoms with van der Waals surface area (Å²) in [5.74, 6) is 0.233. The van der Waals surface area contributed by atoms with E-state index < -0.39 is 6.17 Å². The second-order valence-electron chi connectivity index (χ2n) is 3.06. The average molecular weight is 165 g/mol. The van der Waals surface area contributed by atoms with Gasteiger partial charge in [0.1, 0.15) is 6.17 Å². The van der Waals surface area contributed by atoms with Crippen LogP contribution in [0.2, 0.25) is 0 Å². The van der Waals surface area contributed by atoms with Crippen molar-refractivity contribution < 1.29 is 4.39 Å². The Bertz CT molecular complexity index is 105. The Balaban J connectivity index is 2.42. The monoisotopic (exact) mass is 164 g/mol. The third-order valence-corrected chi connectivity index (χ3v) is 2.83. The first-order chi connectivity index (χ1) is 4.75. The first kappa shape index (κ1) is 8.32. The molecule has 0 saturated heterocycles. The van der Waals surface area contributed by atoms with Gasteiger partial charge in [0.2, 0.25) is 0 Å². The molecule has 0 heterocycles. The van der Waals surface area contributed by atoms with Crippen LogP contribution >= 0.6 is 11.6 Å². The van der Waals surface area contributed by atoms with Gasteiger partial charge in [0.15, 0.2) is 0 Å². The zero-order valence-electron chi connectivity index (χ0n) is 6.32. The first-order valence-electron chi connectivity index (χ1n) is 4.03. The molecular formula is C8H14ClF. The van der Waals surface area contributed by atoms with E-state index in [0.717, 1.165) is 25.7 Å². The van der Waals surface area contributed by atoms with Crippen LogP contribution < -0.4 is 0 Å². The SMILES string of the molecule is CCC1CCCC(Cl)C1F. The molecule has 1 aliphatic rings. The second-order valence-corrected chi connectivity index (χ2v) is 3.62. The summed E-state index contributed by atoms with van der Waals surface area (Å²) in [6.45, 7) is 2.03. The molecule has 0 nitrogen and oxygen atoms in total. The summed E-state index contributed by atoms with van der Waals surface area (Å²) in [7, 11) is 0. The molecule has 0 spiro atoms. The van der Waals surface area contributed by atoms with Crippen LogP contribution in [0, 0.1) is 5.92 Å². The summed E-state index contributed by atoms with van der Waals surface area (Å²) in [6.07, 6.45) is 3.18. The Hall–Kier alpha value is 0.220. The van der Waals surface area contributed by atoms with E-state index in [0.29, 0.717) is 0 Å². The van der Waals surface area contributed by atoms with Crippen LogP contribution in [0.15, 0.2) is 0 Å². The lowest BCUT2D eigenvalue weighted by molar-refractivity contribution is 0.166. The Morgan fingerprint density at radius 1 is 1.50 bits per heavy atom. The van der Waals surface area contributed by atoms with Gasteiger partial charge >= 0.3 is 0 Å². The second kappa shape index (κ2) is 3.56. The molecule has 1 fully saturated rings. The highest BCUT2D eigenvalue weighted by Crippen LogP contribution is 2.32. The van der Waals surface area contributed by atoms with E-state index in [4.69, 9.17) is 11.6 Å². The molecule has 2 heteroatoms. The maximum atomic E-state index is 13.1. The largest absolute Gasteiger partial charge is 0.246 e. The van der Waals surface area contributed by atoms with Gasteiger partial charge in [-0.1, -0.05) is 19.8 Å². The van der Waals surface area contributed by atoms with Crippen molar-refractivity contribution in [2.75, 3.05) is 0 Å². The minimum Gasteiger partial charge on any atom is -0.246 e. The van der Waals surface area contributed by atoms with Gasteiger partial charge < -0.3 is 0 Å². The van der Waals surface area contributed by atoms with Crippen molar-refractivity contribution >= 4 is 11.6 Å². The molecule has 60 valence electrons. The van der Waals surface area contributed by atoms with Gasteiger partial charge in [-0.2, -0.15) is 0 Å². The quantitative estimate of drug-likeness (QED) is 0.523. The van der Waals surface area contributed by atoms with E-state index in [2.05, 4.69) is 0 Å². The standard InChI is InChI=1S/C8H14ClF/c1-2-6-4-3-5-7(9)8(6)10/h6-8H,2-5H2,1H3. The van der Waals surface area contributed by atoms with Crippen molar-refractivity contribution in [3.8, 4) is 0 Å². The van der Waals surface area contributed by atoms with Gasteiger partial charge in [-0.3, -0.25) is 0 Å². The lowest BCUT2D eigenvalue weighted by Crippen LogP contribution is -2.29. The molecule has 10 heavy (non-hydrogen) atoms. The van der Waals surface area contributed by atoms with E-state index in [1.807, 2.05) is 6.92 Å². The summed E-state index contributed by atoms with van der Waals surface area (Å²) >= 11 is 5.77. The van der Waals surface area contributed by atoms with Gasteiger partial charge in [0.05, 0.1) is 5.38 Å². The fourth-order valence-corrected chi connectivity index (χ4v) is 1.98. The van der Waals surface area contributed by atoms with Crippen molar-refractivity contribution in [3.05, 3.63) is 0 Å². The van der Waals surface area contributed by atoms with Crippen molar-refractivity contribution in [2.45, 2.75) is 44.2 Å². The predicted molar refractivity (Wildman–Crippen MR) is 42.2 cm³/mol. The Morgan fingerprint density at radius 2 is 2.20 bits per heavy atom. The van der Waals surface area contributed by atoms with Crippen molar-refractivity contribution in [2.24, 2.45) is 5.92 Å². The molecule has 1 aliphatic carbocycles. The zero-order chi connectivity index (χ0) is 7.56. The molecular weight excluding hydrogens is 151 g/mol. The minimum absolute atomic E-state index is 0.210. The van der Waals surface area contributed by atoms with E-state index >= 15 is 0 Å². The lowest BCUT2D eigenvalue weighted by Gasteiger charge is -2.28. The van der Waals surface area contributed by atoms with Crippen LogP contribution in [-0.2, 0) is 0 Å². The zero-order valence-corrected chi connectivity index (χ0v) is 7.07. The van der Waals surface area contributed by atoms with Crippen LogP contribution in [-0.4, -0.2) is 11.5 Å². The number of hydrogen-bond acceptors (Lipinski definition) is 0.